The monoisotopic (exact) mass is 1090 g/mol. The molecule has 0 aliphatic rings. The normalized spacial score (nSPS) is 15.1. The number of aryl methyl sites for hydroxylation is 1. The zero-order valence-corrected chi connectivity index (χ0v) is 44.4. The third kappa shape index (κ3) is 10.1. The summed E-state index contributed by atoms with van der Waals surface area (Å²) in [5.41, 5.74) is 6.69. The van der Waals surface area contributed by atoms with Gasteiger partial charge in [-0.05, 0) is 109 Å². The molecule has 5 heteroatoms. The molecule has 8 rings (SSSR count). The predicted octanol–water partition coefficient (Wildman–Crippen LogP) is 17.1. The maximum absolute atomic E-state index is 12.6. The van der Waals surface area contributed by atoms with Crippen LogP contribution in [0.1, 0.15) is 152 Å². The standard InChI is InChI=1S/C63H70N3O.Pt/c1-39-29-41(43-31-47(60(5,6)7)36-48(32-43)61(8,9)10)25-26-54(39)66-55-24-20-23-50(56(55)65-58(66)51-37-49(62(11,12)13)38-52(57(51)67)63(14,15)16)44-30-45(34-46(33-44)59(2,3)4)53-35-42(27-28-64-53)40-21-18-17-19-22-40;/h17-29,31-38,67H,1-16H3;/q-1;/i1D3,17D,18D,19D,21D,22D,27D,28D,35D;. The number of benzene rings is 6. The van der Waals surface area contributed by atoms with E-state index in [1.807, 2.05) is 94.6 Å². The molecule has 4 nitrogen and oxygen atoms in total. The average Bonchev–Trinajstić information content (AvgIpc) is 3.73. The van der Waals surface area contributed by atoms with Gasteiger partial charge in [0.05, 0.1) is 33.3 Å². The summed E-state index contributed by atoms with van der Waals surface area (Å²) in [4.78, 5) is 9.89. The number of aromatic hydroxyl groups is 1. The Hall–Kier alpha value is -5.57. The van der Waals surface area contributed by atoms with Crippen molar-refractivity contribution in [2.75, 3.05) is 0 Å². The van der Waals surface area contributed by atoms with Crippen molar-refractivity contribution in [3.63, 3.8) is 0 Å². The molecular formula is C63H70N3OPt-. The molecule has 0 bridgehead atoms. The third-order valence-corrected chi connectivity index (χ3v) is 12.6. The minimum absolute atomic E-state index is 0. The SMILES string of the molecule is [2H]c1nc(-c2[c-]c(-c3cccc4c3nc(-c3cc(C(C)(C)C)cc(C(C)(C)C)c3O)n4-c3ccc(-c4cc(C(C)(C)C)cc(C(C)(C)C)c4)cc3C([2H])([2H])[2H])cc(C(C)(C)C)c2)c([2H])c(-c2c([2H])c([2H])c([2H])c([2H])c2[2H])c1[2H].[Pt]. The molecule has 0 aliphatic carbocycles. The van der Waals surface area contributed by atoms with Crippen molar-refractivity contribution in [2.45, 2.75) is 138 Å². The summed E-state index contributed by atoms with van der Waals surface area (Å²) in [6.45, 7) is 28.8. The maximum Gasteiger partial charge on any atom is 0.148 e. The van der Waals surface area contributed by atoms with Gasteiger partial charge in [-0.2, -0.15) is 0 Å². The van der Waals surface area contributed by atoms with Gasteiger partial charge in [-0.1, -0.05) is 194 Å². The molecular weight excluding hydrogens is 1010 g/mol. The molecule has 0 spiro atoms. The van der Waals surface area contributed by atoms with E-state index < -0.39 is 66.2 Å². The number of aromatic nitrogens is 3. The Morgan fingerprint density at radius 3 is 1.78 bits per heavy atom. The van der Waals surface area contributed by atoms with E-state index in [4.69, 9.17) is 14.6 Å². The van der Waals surface area contributed by atoms with E-state index in [1.165, 1.54) is 0 Å². The second kappa shape index (κ2) is 18.1. The summed E-state index contributed by atoms with van der Waals surface area (Å²) in [7, 11) is 0. The molecule has 68 heavy (non-hydrogen) atoms. The molecule has 0 atom stereocenters. The number of imidazole rings is 1. The first-order valence-electron chi connectivity index (χ1n) is 28.6. The summed E-state index contributed by atoms with van der Waals surface area (Å²) in [5, 5.41) is 12.6. The van der Waals surface area contributed by atoms with E-state index in [-0.39, 0.29) is 71.0 Å². The molecule has 0 fully saturated rings. The number of hydrogen-bond donors (Lipinski definition) is 1. The van der Waals surface area contributed by atoms with Crippen LogP contribution in [0.4, 0.5) is 0 Å². The van der Waals surface area contributed by atoms with Gasteiger partial charge in [0.15, 0.2) is 0 Å². The predicted molar refractivity (Wildman–Crippen MR) is 285 cm³/mol. The number of pyridine rings is 1. The van der Waals surface area contributed by atoms with Gasteiger partial charge < -0.3 is 5.11 Å². The van der Waals surface area contributed by atoms with Crippen LogP contribution >= 0.6 is 0 Å². The Kier molecular flexibility index (Phi) is 9.92. The number of hydrogen-bond acceptors (Lipinski definition) is 3. The van der Waals surface area contributed by atoms with Gasteiger partial charge in [-0.3, -0.25) is 9.55 Å². The van der Waals surface area contributed by atoms with Crippen molar-refractivity contribution in [3.05, 3.63) is 167 Å². The Labute approximate surface area is 437 Å². The molecule has 6 aromatic carbocycles. The van der Waals surface area contributed by atoms with Crippen molar-refractivity contribution in [2.24, 2.45) is 0 Å². The van der Waals surface area contributed by atoms with Gasteiger partial charge in [-0.15, -0.1) is 29.3 Å². The summed E-state index contributed by atoms with van der Waals surface area (Å²) in [6.07, 6.45) is -0.566. The summed E-state index contributed by atoms with van der Waals surface area (Å²) < 4.78 is 99.2. The van der Waals surface area contributed by atoms with Crippen molar-refractivity contribution >= 4 is 11.0 Å². The molecule has 0 saturated heterocycles. The first kappa shape index (κ1) is 37.3. The largest absolute Gasteiger partial charge is 0.507 e. The zero-order chi connectivity index (χ0) is 58.1. The van der Waals surface area contributed by atoms with Crippen LogP contribution in [0.3, 0.4) is 0 Å². The second-order valence-electron chi connectivity index (χ2n) is 23.0. The van der Waals surface area contributed by atoms with Gasteiger partial charge in [0.1, 0.15) is 11.6 Å². The topological polar surface area (TPSA) is 50.9 Å². The Morgan fingerprint density at radius 2 is 1.18 bits per heavy atom. The first-order valence-corrected chi connectivity index (χ1v) is 23.1. The van der Waals surface area contributed by atoms with Gasteiger partial charge in [0.25, 0.3) is 0 Å². The Balaban J connectivity index is 0.00000903. The number of para-hydroxylation sites is 1. The fraction of sp³-hybridized carbons (Fsp3) is 0.333. The Bertz CT molecular complexity index is 3690. The molecule has 0 unspecified atom stereocenters. The summed E-state index contributed by atoms with van der Waals surface area (Å²) in [6, 6.07) is 24.7. The van der Waals surface area contributed by atoms with E-state index in [0.29, 0.717) is 44.8 Å². The summed E-state index contributed by atoms with van der Waals surface area (Å²) in [5.74, 6) is 0.302. The van der Waals surface area contributed by atoms with Crippen molar-refractivity contribution in [3.8, 4) is 67.5 Å². The van der Waals surface area contributed by atoms with Crippen LogP contribution in [0.2, 0.25) is 0 Å². The number of nitrogens with zero attached hydrogens (tertiary/aromatic N) is 3. The van der Waals surface area contributed by atoms with Gasteiger partial charge in [-0.25, -0.2) is 4.98 Å². The quantitative estimate of drug-likeness (QED) is 0.169. The summed E-state index contributed by atoms with van der Waals surface area (Å²) >= 11 is 0. The number of fused-ring (bicyclic) bond motifs is 1. The smallest absolute Gasteiger partial charge is 0.148 e. The second-order valence-corrected chi connectivity index (χ2v) is 23.0. The Morgan fingerprint density at radius 1 is 0.574 bits per heavy atom. The molecule has 0 amide bonds. The first-order chi connectivity index (χ1) is 35.7. The molecule has 2 heterocycles. The molecule has 1 N–H and O–H groups in total. The van der Waals surface area contributed by atoms with E-state index in [2.05, 4.69) is 91.6 Å². The molecule has 8 aromatic rings. The van der Waals surface area contributed by atoms with Crippen LogP contribution < -0.4 is 0 Å². The van der Waals surface area contributed by atoms with Crippen LogP contribution in [-0.4, -0.2) is 19.6 Å². The van der Waals surface area contributed by atoms with Crippen LogP contribution in [0.5, 0.6) is 5.75 Å². The van der Waals surface area contributed by atoms with E-state index in [1.54, 1.807) is 12.1 Å². The van der Waals surface area contributed by atoms with Crippen LogP contribution in [-0.2, 0) is 48.1 Å². The van der Waals surface area contributed by atoms with Gasteiger partial charge in [0, 0.05) is 42.6 Å². The van der Waals surface area contributed by atoms with Crippen LogP contribution in [0, 0.1) is 12.9 Å². The minimum atomic E-state index is -2.64. The van der Waals surface area contributed by atoms with Crippen molar-refractivity contribution < 1.29 is 41.3 Å². The maximum atomic E-state index is 12.6. The average molecular weight is 1090 g/mol. The van der Waals surface area contributed by atoms with E-state index >= 15 is 0 Å². The van der Waals surface area contributed by atoms with Crippen LogP contribution in [0.15, 0.2) is 127 Å². The molecule has 0 radical (unpaired) electrons. The molecule has 354 valence electrons. The third-order valence-electron chi connectivity index (χ3n) is 12.6. The van der Waals surface area contributed by atoms with E-state index in [9.17, 15) is 10.6 Å². The van der Waals surface area contributed by atoms with Gasteiger partial charge >= 0.3 is 0 Å². The number of phenolic OH excluding ortho intramolecular Hbond substituents is 1. The minimum Gasteiger partial charge on any atom is -0.507 e. The zero-order valence-electron chi connectivity index (χ0n) is 53.1. The van der Waals surface area contributed by atoms with Crippen molar-refractivity contribution in [1.29, 1.82) is 0 Å². The van der Waals surface area contributed by atoms with Crippen LogP contribution in [0.25, 0.3) is 72.7 Å². The fourth-order valence-electron chi connectivity index (χ4n) is 8.34. The molecule has 2 aromatic heterocycles. The van der Waals surface area contributed by atoms with Gasteiger partial charge in [0.2, 0.25) is 0 Å². The number of phenols is 1. The molecule has 0 aliphatic heterocycles. The van der Waals surface area contributed by atoms with Crippen molar-refractivity contribution in [1.82, 2.24) is 14.5 Å². The van der Waals surface area contributed by atoms with E-state index in [0.717, 1.165) is 33.4 Å². The number of rotatable bonds is 6. The molecule has 0 saturated carbocycles. The fourth-order valence-corrected chi connectivity index (χ4v) is 8.34.